The molecule has 2 nitrogen and oxygen atoms in total. The fraction of sp³-hybridized carbons (Fsp3) is 0.222. The SMILES string of the molecule is O=C(OCc1ccc(F)cc1)C(Cl)(Cl)SCl. The normalized spacial score (nSPS) is 11.2. The van der Waals surface area contributed by atoms with Gasteiger partial charge in [0.1, 0.15) is 12.4 Å². The Labute approximate surface area is 111 Å². The zero-order valence-electron chi connectivity index (χ0n) is 7.75. The highest BCUT2D eigenvalue weighted by molar-refractivity contribution is 8.24. The number of alkyl halides is 2. The van der Waals surface area contributed by atoms with Crippen molar-refractivity contribution in [1.29, 1.82) is 0 Å². The molecule has 16 heavy (non-hydrogen) atoms. The van der Waals surface area contributed by atoms with Gasteiger partial charge in [-0.25, -0.2) is 9.18 Å². The van der Waals surface area contributed by atoms with Crippen molar-refractivity contribution in [1.82, 2.24) is 0 Å². The van der Waals surface area contributed by atoms with E-state index >= 15 is 0 Å². The molecule has 0 aliphatic rings. The third-order valence-electron chi connectivity index (χ3n) is 1.62. The van der Waals surface area contributed by atoms with E-state index in [9.17, 15) is 9.18 Å². The maximum Gasteiger partial charge on any atom is 0.354 e. The van der Waals surface area contributed by atoms with E-state index in [1.54, 1.807) is 0 Å². The van der Waals surface area contributed by atoms with Crippen molar-refractivity contribution in [2.45, 2.75) is 10.3 Å². The van der Waals surface area contributed by atoms with Crippen LogP contribution in [0.4, 0.5) is 4.39 Å². The first-order chi connectivity index (χ1) is 7.45. The molecule has 0 atom stereocenters. The van der Waals surface area contributed by atoms with E-state index in [-0.39, 0.29) is 12.4 Å². The summed E-state index contributed by atoms with van der Waals surface area (Å²) < 4.78 is 15.5. The lowest BCUT2D eigenvalue weighted by Crippen LogP contribution is -2.23. The highest BCUT2D eigenvalue weighted by Gasteiger charge is 2.36. The summed E-state index contributed by atoms with van der Waals surface area (Å²) in [4.78, 5) is 11.3. The van der Waals surface area contributed by atoms with Crippen molar-refractivity contribution >= 4 is 50.8 Å². The van der Waals surface area contributed by atoms with Crippen molar-refractivity contribution in [3.05, 3.63) is 35.6 Å². The topological polar surface area (TPSA) is 26.3 Å². The number of benzene rings is 1. The third-order valence-corrected chi connectivity index (χ3v) is 3.92. The van der Waals surface area contributed by atoms with Gasteiger partial charge in [-0.2, -0.15) is 0 Å². The molecule has 0 aromatic heterocycles. The molecule has 0 spiro atoms. The first-order valence-corrected chi connectivity index (χ1v) is 6.45. The molecule has 7 heteroatoms. The second-order valence-corrected chi connectivity index (χ2v) is 5.80. The Bertz CT molecular complexity index is 370. The smallest absolute Gasteiger partial charge is 0.354 e. The molecule has 1 aromatic carbocycles. The zero-order chi connectivity index (χ0) is 12.2. The van der Waals surface area contributed by atoms with E-state index < -0.39 is 9.63 Å². The number of rotatable bonds is 4. The average molecular weight is 304 g/mol. The van der Waals surface area contributed by atoms with Gasteiger partial charge in [0.25, 0.3) is 3.67 Å². The summed E-state index contributed by atoms with van der Waals surface area (Å²) in [5.41, 5.74) is 0.624. The van der Waals surface area contributed by atoms with Crippen molar-refractivity contribution < 1.29 is 13.9 Å². The Balaban J connectivity index is 2.52. The van der Waals surface area contributed by atoms with E-state index in [4.69, 9.17) is 38.6 Å². The van der Waals surface area contributed by atoms with Gasteiger partial charge in [-0.05, 0) is 39.4 Å². The maximum absolute atomic E-state index is 12.6. The number of hydrogen-bond acceptors (Lipinski definition) is 3. The Hall–Kier alpha value is -0.160. The summed E-state index contributed by atoms with van der Waals surface area (Å²) in [6.45, 7) is -0.0439. The number of esters is 1. The fourth-order valence-electron chi connectivity index (χ4n) is 0.845. The minimum atomic E-state index is -1.83. The van der Waals surface area contributed by atoms with Crippen LogP contribution in [0.3, 0.4) is 0 Å². The minimum absolute atomic E-state index is 0.0439. The summed E-state index contributed by atoms with van der Waals surface area (Å²) in [5.74, 6) is -1.23. The lowest BCUT2D eigenvalue weighted by Gasteiger charge is -2.13. The van der Waals surface area contributed by atoms with Gasteiger partial charge in [-0.3, -0.25) is 0 Å². The fourth-order valence-corrected chi connectivity index (χ4v) is 1.27. The molecule has 0 fully saturated rings. The Morgan fingerprint density at radius 2 is 1.94 bits per heavy atom. The zero-order valence-corrected chi connectivity index (χ0v) is 10.8. The van der Waals surface area contributed by atoms with Gasteiger partial charge in [-0.1, -0.05) is 35.3 Å². The van der Waals surface area contributed by atoms with Crippen LogP contribution in [0.1, 0.15) is 5.56 Å². The highest BCUT2D eigenvalue weighted by atomic mass is 35.7. The average Bonchev–Trinajstić information content (AvgIpc) is 2.28. The molecule has 0 saturated heterocycles. The van der Waals surface area contributed by atoms with E-state index in [0.29, 0.717) is 16.5 Å². The molecule has 0 unspecified atom stereocenters. The number of ether oxygens (including phenoxy) is 1. The molecule has 88 valence electrons. The summed E-state index contributed by atoms with van der Waals surface area (Å²) >= 11 is 11.0. The Kier molecular flexibility index (Phi) is 5.18. The van der Waals surface area contributed by atoms with Crippen molar-refractivity contribution in [2.75, 3.05) is 0 Å². The molecule has 0 aliphatic heterocycles. The van der Waals surface area contributed by atoms with Crippen molar-refractivity contribution in [2.24, 2.45) is 0 Å². The van der Waals surface area contributed by atoms with E-state index in [2.05, 4.69) is 0 Å². The van der Waals surface area contributed by atoms with Gasteiger partial charge < -0.3 is 4.74 Å². The van der Waals surface area contributed by atoms with E-state index in [0.717, 1.165) is 0 Å². The van der Waals surface area contributed by atoms with Crippen LogP contribution in [-0.4, -0.2) is 9.63 Å². The van der Waals surface area contributed by atoms with Gasteiger partial charge >= 0.3 is 5.97 Å². The van der Waals surface area contributed by atoms with Crippen LogP contribution >= 0.6 is 44.9 Å². The van der Waals surface area contributed by atoms with Crippen LogP contribution in [0.5, 0.6) is 0 Å². The molecule has 0 aliphatic carbocycles. The van der Waals surface area contributed by atoms with E-state index in [1.165, 1.54) is 24.3 Å². The quantitative estimate of drug-likeness (QED) is 0.623. The van der Waals surface area contributed by atoms with Crippen LogP contribution in [0.15, 0.2) is 24.3 Å². The van der Waals surface area contributed by atoms with Gasteiger partial charge in [0.2, 0.25) is 0 Å². The first-order valence-electron chi connectivity index (χ1n) is 4.05. The van der Waals surface area contributed by atoms with E-state index in [1.807, 2.05) is 0 Å². The maximum atomic E-state index is 12.6. The predicted molar refractivity (Wildman–Crippen MR) is 64.1 cm³/mol. The van der Waals surface area contributed by atoms with Gasteiger partial charge in [0.15, 0.2) is 0 Å². The van der Waals surface area contributed by atoms with Gasteiger partial charge in [-0.15, -0.1) is 0 Å². The molecule has 1 rings (SSSR count). The second-order valence-electron chi connectivity index (χ2n) is 2.80. The summed E-state index contributed by atoms with van der Waals surface area (Å²) in [5, 5.41) is 0. The number of carbonyl (C=O) groups is 1. The molecule has 1 aromatic rings. The molecular weight excluding hydrogens is 298 g/mol. The molecule has 0 bridgehead atoms. The van der Waals surface area contributed by atoms with Crippen LogP contribution in [0, 0.1) is 5.82 Å². The predicted octanol–water partition coefficient (Wildman–Crippen LogP) is 3.89. The molecule has 0 amide bonds. The largest absolute Gasteiger partial charge is 0.458 e. The summed E-state index contributed by atoms with van der Waals surface area (Å²) in [7, 11) is 5.73. The highest BCUT2D eigenvalue weighted by Crippen LogP contribution is 2.38. The van der Waals surface area contributed by atoms with Crippen LogP contribution in [0.25, 0.3) is 0 Å². The number of hydrogen-bond donors (Lipinski definition) is 0. The lowest BCUT2D eigenvalue weighted by molar-refractivity contribution is -0.143. The van der Waals surface area contributed by atoms with Crippen LogP contribution in [-0.2, 0) is 16.1 Å². The summed E-state index contributed by atoms with van der Waals surface area (Å²) in [6, 6.07) is 5.49. The third kappa shape index (κ3) is 4.01. The molecular formula is C9H6Cl3FO2S. The Morgan fingerprint density at radius 3 is 2.44 bits per heavy atom. The molecule has 0 radical (unpaired) electrons. The van der Waals surface area contributed by atoms with Gasteiger partial charge in [0, 0.05) is 0 Å². The lowest BCUT2D eigenvalue weighted by atomic mass is 10.2. The Morgan fingerprint density at radius 1 is 1.38 bits per heavy atom. The molecule has 0 heterocycles. The van der Waals surface area contributed by atoms with Crippen molar-refractivity contribution in [3.8, 4) is 0 Å². The number of halogens is 4. The monoisotopic (exact) mass is 302 g/mol. The minimum Gasteiger partial charge on any atom is -0.458 e. The van der Waals surface area contributed by atoms with Crippen LogP contribution in [0.2, 0.25) is 0 Å². The first kappa shape index (κ1) is 13.9. The van der Waals surface area contributed by atoms with Crippen molar-refractivity contribution in [3.63, 3.8) is 0 Å². The molecule has 0 N–H and O–H groups in total. The van der Waals surface area contributed by atoms with Crippen LogP contribution < -0.4 is 0 Å². The van der Waals surface area contributed by atoms with Gasteiger partial charge in [0.05, 0.1) is 0 Å². The summed E-state index contributed by atoms with van der Waals surface area (Å²) in [6.07, 6.45) is 0. The second kappa shape index (κ2) is 5.96. The standard InChI is InChI=1S/C9H6Cl3FO2S/c10-9(11,16-12)8(14)15-5-6-1-3-7(13)4-2-6/h1-4H,5H2. The molecule has 0 saturated carbocycles. The number of carbonyl (C=O) groups excluding carboxylic acids is 1.